The lowest BCUT2D eigenvalue weighted by Crippen LogP contribution is -2.62. The normalized spacial score (nSPS) is 51.9. The molecule has 0 aliphatic heterocycles. The smallest absolute Gasteiger partial charge is 0.0738 e. The number of hydrogen-bond donors (Lipinski definition) is 2. The Morgan fingerprint density at radius 1 is 0.963 bits per heavy atom. The summed E-state index contributed by atoms with van der Waals surface area (Å²) in [5.74, 6) is 2.04. The molecule has 27 heavy (non-hydrogen) atoms. The number of rotatable bonds is 1. The SMILES string of the molecule is C[C@]12CCC(O)CC1CC[C@@H]1[C@H]2CC[C@]2(C)C(c3ccnnc3)CC[C@@]12O. The minimum Gasteiger partial charge on any atom is -0.393 e. The monoisotopic (exact) mass is 370 g/mol. The van der Waals surface area contributed by atoms with Crippen molar-refractivity contribution in [3.05, 3.63) is 24.0 Å². The van der Waals surface area contributed by atoms with Crippen LogP contribution in [0.4, 0.5) is 0 Å². The van der Waals surface area contributed by atoms with Gasteiger partial charge in [0.1, 0.15) is 0 Å². The number of hydrogen-bond acceptors (Lipinski definition) is 4. The molecule has 0 bridgehead atoms. The summed E-state index contributed by atoms with van der Waals surface area (Å²) in [4.78, 5) is 0. The molecule has 8 atom stereocenters. The first kappa shape index (κ1) is 18.1. The predicted octanol–water partition coefficient (Wildman–Crippen LogP) is 4.08. The van der Waals surface area contributed by atoms with E-state index in [1.165, 1.54) is 18.4 Å². The quantitative estimate of drug-likeness (QED) is 0.782. The molecule has 3 unspecified atom stereocenters. The van der Waals surface area contributed by atoms with Gasteiger partial charge in [-0.1, -0.05) is 13.8 Å². The van der Waals surface area contributed by atoms with Crippen LogP contribution < -0.4 is 0 Å². The zero-order valence-corrected chi connectivity index (χ0v) is 16.8. The molecule has 0 aromatic carbocycles. The Morgan fingerprint density at radius 3 is 2.59 bits per heavy atom. The third kappa shape index (κ3) is 2.35. The molecule has 4 nitrogen and oxygen atoms in total. The molecule has 1 aromatic rings. The molecule has 4 heteroatoms. The minimum atomic E-state index is -0.562. The van der Waals surface area contributed by atoms with Crippen molar-refractivity contribution in [2.24, 2.45) is 28.6 Å². The van der Waals surface area contributed by atoms with Crippen LogP contribution >= 0.6 is 0 Å². The summed E-state index contributed by atoms with van der Waals surface area (Å²) in [6.45, 7) is 4.83. The van der Waals surface area contributed by atoms with Crippen LogP contribution in [0.25, 0.3) is 0 Å². The molecular weight excluding hydrogens is 336 g/mol. The van der Waals surface area contributed by atoms with Crippen LogP contribution in [-0.2, 0) is 0 Å². The maximum atomic E-state index is 12.2. The van der Waals surface area contributed by atoms with Gasteiger partial charge in [0.15, 0.2) is 0 Å². The van der Waals surface area contributed by atoms with E-state index < -0.39 is 5.60 Å². The molecule has 2 N–H and O–H groups in total. The van der Waals surface area contributed by atoms with Gasteiger partial charge in [-0.05, 0) is 98.5 Å². The summed E-state index contributed by atoms with van der Waals surface area (Å²) in [5.41, 5.74) is 0.931. The van der Waals surface area contributed by atoms with E-state index in [-0.39, 0.29) is 11.5 Å². The molecule has 4 aliphatic carbocycles. The lowest BCUT2D eigenvalue weighted by atomic mass is 9.43. The van der Waals surface area contributed by atoms with Gasteiger partial charge in [-0.25, -0.2) is 0 Å². The van der Waals surface area contributed by atoms with Gasteiger partial charge >= 0.3 is 0 Å². The van der Waals surface area contributed by atoms with Crippen LogP contribution in [0.1, 0.15) is 83.1 Å². The van der Waals surface area contributed by atoms with Crippen molar-refractivity contribution in [1.82, 2.24) is 10.2 Å². The average Bonchev–Trinajstić information content (AvgIpc) is 2.94. The van der Waals surface area contributed by atoms with Crippen LogP contribution in [0.2, 0.25) is 0 Å². The lowest BCUT2D eigenvalue weighted by Gasteiger charge is -2.63. The molecule has 0 saturated heterocycles. The van der Waals surface area contributed by atoms with Gasteiger partial charge in [-0.3, -0.25) is 0 Å². The highest BCUT2D eigenvalue weighted by Crippen LogP contribution is 2.70. The second-order valence-electron chi connectivity index (χ2n) is 10.6. The van der Waals surface area contributed by atoms with Crippen molar-refractivity contribution in [2.45, 2.75) is 89.3 Å². The van der Waals surface area contributed by atoms with Crippen LogP contribution in [0, 0.1) is 28.6 Å². The first-order valence-corrected chi connectivity index (χ1v) is 11.1. The molecule has 0 spiro atoms. The van der Waals surface area contributed by atoms with Gasteiger partial charge < -0.3 is 10.2 Å². The van der Waals surface area contributed by atoms with Crippen LogP contribution in [0.5, 0.6) is 0 Å². The van der Waals surface area contributed by atoms with Gasteiger partial charge in [0.2, 0.25) is 0 Å². The van der Waals surface area contributed by atoms with Crippen molar-refractivity contribution in [2.75, 3.05) is 0 Å². The zero-order chi connectivity index (χ0) is 18.9. The van der Waals surface area contributed by atoms with E-state index in [4.69, 9.17) is 0 Å². The topological polar surface area (TPSA) is 66.2 Å². The molecule has 4 fully saturated rings. The second-order valence-corrected chi connectivity index (χ2v) is 10.6. The highest BCUT2D eigenvalue weighted by Gasteiger charge is 2.67. The number of nitrogens with zero attached hydrogens (tertiary/aromatic N) is 2. The second kappa shape index (κ2) is 6.00. The maximum Gasteiger partial charge on any atom is 0.0738 e. The molecule has 5 rings (SSSR count). The fourth-order valence-electron chi connectivity index (χ4n) is 8.24. The molecular formula is C23H34N2O2. The largest absolute Gasteiger partial charge is 0.393 e. The Balaban J connectivity index is 1.49. The van der Waals surface area contributed by atoms with Gasteiger partial charge in [-0.15, -0.1) is 0 Å². The van der Waals surface area contributed by atoms with E-state index in [0.717, 1.165) is 44.9 Å². The summed E-state index contributed by atoms with van der Waals surface area (Å²) >= 11 is 0. The lowest BCUT2D eigenvalue weighted by molar-refractivity contribution is -0.205. The number of aliphatic hydroxyl groups is 2. The van der Waals surface area contributed by atoms with E-state index in [9.17, 15) is 10.2 Å². The number of aromatic nitrogens is 2. The Labute approximate surface area is 162 Å². The summed E-state index contributed by atoms with van der Waals surface area (Å²) in [7, 11) is 0. The average molecular weight is 371 g/mol. The van der Waals surface area contributed by atoms with E-state index in [1.54, 1.807) is 6.20 Å². The van der Waals surface area contributed by atoms with Crippen molar-refractivity contribution in [3.63, 3.8) is 0 Å². The van der Waals surface area contributed by atoms with E-state index in [0.29, 0.717) is 29.1 Å². The van der Waals surface area contributed by atoms with Crippen LogP contribution in [0.3, 0.4) is 0 Å². The van der Waals surface area contributed by atoms with Crippen LogP contribution in [-0.4, -0.2) is 32.1 Å². The Bertz CT molecular complexity index is 712. The van der Waals surface area contributed by atoms with Crippen LogP contribution in [0.15, 0.2) is 18.5 Å². The summed E-state index contributed by atoms with van der Waals surface area (Å²) < 4.78 is 0. The van der Waals surface area contributed by atoms with Gasteiger partial charge in [0.05, 0.1) is 17.9 Å². The first-order chi connectivity index (χ1) is 12.9. The summed E-state index contributed by atoms with van der Waals surface area (Å²) in [5, 5.41) is 30.4. The number of aliphatic hydroxyl groups excluding tert-OH is 1. The molecule has 1 heterocycles. The van der Waals surface area contributed by atoms with Crippen molar-refractivity contribution < 1.29 is 10.2 Å². The summed E-state index contributed by atoms with van der Waals surface area (Å²) in [6, 6.07) is 2.10. The van der Waals surface area contributed by atoms with Gasteiger partial charge in [0.25, 0.3) is 0 Å². The molecule has 148 valence electrons. The highest BCUT2D eigenvalue weighted by atomic mass is 16.3. The highest BCUT2D eigenvalue weighted by molar-refractivity contribution is 5.26. The fraction of sp³-hybridized carbons (Fsp3) is 0.826. The molecule has 1 aromatic heterocycles. The van der Waals surface area contributed by atoms with E-state index in [2.05, 4.69) is 30.1 Å². The van der Waals surface area contributed by atoms with Gasteiger partial charge in [0, 0.05) is 11.6 Å². The molecule has 0 amide bonds. The van der Waals surface area contributed by atoms with E-state index >= 15 is 0 Å². The third-order valence-corrected chi connectivity index (χ3v) is 9.83. The molecule has 4 saturated carbocycles. The first-order valence-electron chi connectivity index (χ1n) is 11.1. The Hall–Kier alpha value is -1.00. The van der Waals surface area contributed by atoms with Gasteiger partial charge in [-0.2, -0.15) is 10.2 Å². The maximum absolute atomic E-state index is 12.2. The van der Waals surface area contributed by atoms with Crippen molar-refractivity contribution in [1.29, 1.82) is 0 Å². The zero-order valence-electron chi connectivity index (χ0n) is 16.8. The predicted molar refractivity (Wildman–Crippen MR) is 104 cm³/mol. The third-order valence-electron chi connectivity index (χ3n) is 9.83. The summed E-state index contributed by atoms with van der Waals surface area (Å²) in [6.07, 6.45) is 13.2. The Kier molecular flexibility index (Phi) is 4.01. The minimum absolute atomic E-state index is 0.0609. The Morgan fingerprint density at radius 2 is 1.81 bits per heavy atom. The van der Waals surface area contributed by atoms with Crippen molar-refractivity contribution in [3.8, 4) is 0 Å². The fourth-order valence-corrected chi connectivity index (χ4v) is 8.24. The van der Waals surface area contributed by atoms with E-state index in [1.807, 2.05) is 6.20 Å². The number of fused-ring (bicyclic) bond motifs is 5. The molecule has 0 radical (unpaired) electrons. The molecule has 4 aliphatic rings. The standard InChI is InChI=1S/C23H34N2O2/c1-21-9-5-17(26)13-16(21)3-4-20-19(21)6-10-22(2)18(7-11-23(20,22)27)15-8-12-24-25-14-15/h8,12,14,16-20,26-27H,3-7,9-11,13H2,1-2H3/t16?,17?,18?,19-,20-,21+,22-,23-/m1/s1. The van der Waals surface area contributed by atoms with Crippen molar-refractivity contribution >= 4 is 0 Å².